The van der Waals surface area contributed by atoms with E-state index in [1.807, 2.05) is 5.32 Å². The number of nitrogens with one attached hydrogen (secondary N) is 1. The second kappa shape index (κ2) is 6.35. The fourth-order valence-corrected chi connectivity index (χ4v) is 1.72. The number of nitro groups is 1. The molecule has 0 aliphatic heterocycles. The van der Waals surface area contributed by atoms with Crippen LogP contribution in [0.4, 0.5) is 25.0 Å². The van der Waals surface area contributed by atoms with Crippen molar-refractivity contribution in [2.24, 2.45) is 0 Å². The van der Waals surface area contributed by atoms with Gasteiger partial charge in [-0.05, 0) is 24.3 Å². The Hall–Kier alpha value is -2.74. The molecule has 2 aromatic rings. The van der Waals surface area contributed by atoms with Crippen LogP contribution in [0.5, 0.6) is 5.75 Å². The van der Waals surface area contributed by atoms with Crippen LogP contribution in [0.15, 0.2) is 36.4 Å². The first-order valence-electron chi connectivity index (χ1n) is 5.74. The number of benzene rings is 2. The van der Waals surface area contributed by atoms with E-state index in [1.165, 1.54) is 0 Å². The zero-order chi connectivity index (χ0) is 16.3. The van der Waals surface area contributed by atoms with E-state index in [0.29, 0.717) is 0 Å². The molecule has 0 atom stereocenters. The molecular formula is C13H7ClF2N2O4. The Labute approximate surface area is 127 Å². The Bertz CT molecular complexity index is 755. The number of non-ortho nitro benzene ring substituents is 1. The minimum atomic E-state index is -1.13. The Morgan fingerprint density at radius 2 is 1.95 bits per heavy atom. The highest BCUT2D eigenvalue weighted by atomic mass is 35.5. The van der Waals surface area contributed by atoms with E-state index in [9.17, 15) is 23.7 Å². The van der Waals surface area contributed by atoms with Gasteiger partial charge in [-0.2, -0.15) is 0 Å². The predicted molar refractivity (Wildman–Crippen MR) is 74.1 cm³/mol. The number of nitrogens with zero attached hydrogens (tertiary/aromatic N) is 1. The van der Waals surface area contributed by atoms with E-state index < -0.39 is 34.0 Å². The molecule has 0 bridgehead atoms. The van der Waals surface area contributed by atoms with Crippen molar-refractivity contribution in [3.63, 3.8) is 0 Å². The van der Waals surface area contributed by atoms with Gasteiger partial charge in [0, 0.05) is 12.1 Å². The lowest BCUT2D eigenvalue weighted by molar-refractivity contribution is -0.384. The van der Waals surface area contributed by atoms with Crippen molar-refractivity contribution in [1.82, 2.24) is 0 Å². The highest BCUT2D eigenvalue weighted by Gasteiger charge is 2.15. The number of ether oxygens (including phenoxy) is 1. The Balaban J connectivity index is 2.15. The summed E-state index contributed by atoms with van der Waals surface area (Å²) in [5, 5.41) is 12.4. The molecule has 6 nitrogen and oxygen atoms in total. The molecule has 0 radical (unpaired) electrons. The highest BCUT2D eigenvalue weighted by molar-refractivity contribution is 6.32. The molecule has 114 valence electrons. The van der Waals surface area contributed by atoms with Gasteiger partial charge in [0.2, 0.25) is 0 Å². The molecule has 0 unspecified atom stereocenters. The summed E-state index contributed by atoms with van der Waals surface area (Å²) in [5.74, 6) is -1.65. The first-order valence-corrected chi connectivity index (χ1v) is 6.12. The summed E-state index contributed by atoms with van der Waals surface area (Å²) in [6, 6.07) is 5.67. The molecular weight excluding hydrogens is 322 g/mol. The second-order valence-electron chi connectivity index (χ2n) is 4.01. The quantitative estimate of drug-likeness (QED) is 0.678. The molecule has 1 N–H and O–H groups in total. The van der Waals surface area contributed by atoms with Gasteiger partial charge < -0.3 is 4.74 Å². The van der Waals surface area contributed by atoms with E-state index in [0.717, 1.165) is 36.4 Å². The average Bonchev–Trinajstić information content (AvgIpc) is 2.44. The predicted octanol–water partition coefficient (Wildman–Crippen LogP) is 4.14. The summed E-state index contributed by atoms with van der Waals surface area (Å²) in [7, 11) is 0. The van der Waals surface area contributed by atoms with Crippen LogP contribution in [0.25, 0.3) is 0 Å². The molecule has 0 saturated carbocycles. The van der Waals surface area contributed by atoms with Gasteiger partial charge >= 0.3 is 6.09 Å². The Morgan fingerprint density at radius 3 is 2.59 bits per heavy atom. The smallest absolute Gasteiger partial charge is 0.408 e. The van der Waals surface area contributed by atoms with Crippen LogP contribution in [0.3, 0.4) is 0 Å². The van der Waals surface area contributed by atoms with Gasteiger partial charge in [-0.3, -0.25) is 15.4 Å². The van der Waals surface area contributed by atoms with Gasteiger partial charge in [-0.25, -0.2) is 13.6 Å². The Morgan fingerprint density at radius 1 is 1.23 bits per heavy atom. The number of hydrogen-bond donors (Lipinski definition) is 1. The summed E-state index contributed by atoms with van der Waals surface area (Å²) >= 11 is 5.67. The molecule has 0 aromatic heterocycles. The number of nitro benzene ring substituents is 1. The lowest BCUT2D eigenvalue weighted by Gasteiger charge is -2.08. The van der Waals surface area contributed by atoms with Crippen molar-refractivity contribution in [3.05, 3.63) is 63.2 Å². The van der Waals surface area contributed by atoms with Gasteiger partial charge in [0.05, 0.1) is 15.6 Å². The van der Waals surface area contributed by atoms with Crippen LogP contribution >= 0.6 is 11.6 Å². The van der Waals surface area contributed by atoms with Crippen molar-refractivity contribution < 1.29 is 23.2 Å². The van der Waals surface area contributed by atoms with Gasteiger partial charge in [-0.1, -0.05) is 11.6 Å². The topological polar surface area (TPSA) is 81.5 Å². The van der Waals surface area contributed by atoms with Gasteiger partial charge in [0.25, 0.3) is 5.69 Å². The molecule has 9 heteroatoms. The van der Waals surface area contributed by atoms with Crippen LogP contribution in [-0.4, -0.2) is 11.0 Å². The minimum Gasteiger partial charge on any atom is -0.408 e. The van der Waals surface area contributed by atoms with Crippen LogP contribution in [-0.2, 0) is 0 Å². The molecule has 1 amide bonds. The van der Waals surface area contributed by atoms with Gasteiger partial charge in [0.1, 0.15) is 11.6 Å². The summed E-state index contributed by atoms with van der Waals surface area (Å²) in [5.41, 5.74) is -0.839. The lowest BCUT2D eigenvalue weighted by atomic mass is 10.2. The van der Waals surface area contributed by atoms with Crippen molar-refractivity contribution in [2.45, 2.75) is 0 Å². The monoisotopic (exact) mass is 328 g/mol. The normalized spacial score (nSPS) is 10.1. The molecule has 0 aliphatic rings. The van der Waals surface area contributed by atoms with E-state index >= 15 is 0 Å². The third-order valence-corrected chi connectivity index (χ3v) is 2.79. The largest absolute Gasteiger partial charge is 0.417 e. The standard InChI is InChI=1S/C13H7ClF2N2O4/c14-9-5-7(15)1-4-12(9)22-13(19)17-11-6-8(18(20)21)2-3-10(11)16/h1-6H,(H,17,19). The number of halogens is 3. The van der Waals surface area contributed by atoms with E-state index in [-0.39, 0.29) is 10.8 Å². The van der Waals surface area contributed by atoms with Gasteiger partial charge in [0.15, 0.2) is 5.75 Å². The minimum absolute atomic E-state index is 0.147. The van der Waals surface area contributed by atoms with E-state index in [2.05, 4.69) is 0 Å². The maximum atomic E-state index is 13.5. The summed E-state index contributed by atoms with van der Waals surface area (Å²) in [6.07, 6.45) is -1.13. The maximum absolute atomic E-state index is 13.5. The fourth-order valence-electron chi connectivity index (χ4n) is 1.52. The number of hydrogen-bond acceptors (Lipinski definition) is 4. The number of carbonyl (C=O) groups excluding carboxylic acids is 1. The van der Waals surface area contributed by atoms with Crippen LogP contribution in [0, 0.1) is 21.7 Å². The van der Waals surface area contributed by atoms with Gasteiger partial charge in [-0.15, -0.1) is 0 Å². The summed E-state index contributed by atoms with van der Waals surface area (Å²) in [6.45, 7) is 0. The van der Waals surface area contributed by atoms with Crippen molar-refractivity contribution >= 4 is 29.1 Å². The van der Waals surface area contributed by atoms with Crippen molar-refractivity contribution in [1.29, 1.82) is 0 Å². The Kier molecular flexibility index (Phi) is 4.52. The SMILES string of the molecule is O=C(Nc1cc([N+](=O)[O-])ccc1F)Oc1ccc(F)cc1Cl. The third kappa shape index (κ3) is 3.67. The zero-order valence-electron chi connectivity index (χ0n) is 10.7. The first-order chi connectivity index (χ1) is 10.4. The third-order valence-electron chi connectivity index (χ3n) is 2.49. The first kappa shape index (κ1) is 15.6. The molecule has 2 aromatic carbocycles. The highest BCUT2D eigenvalue weighted by Crippen LogP contribution is 2.26. The van der Waals surface area contributed by atoms with E-state index in [1.54, 1.807) is 0 Å². The molecule has 22 heavy (non-hydrogen) atoms. The molecule has 0 spiro atoms. The molecule has 0 aliphatic carbocycles. The molecule has 0 heterocycles. The van der Waals surface area contributed by atoms with Crippen molar-refractivity contribution in [2.75, 3.05) is 5.32 Å². The number of amides is 1. The van der Waals surface area contributed by atoms with E-state index in [4.69, 9.17) is 16.3 Å². The fraction of sp³-hybridized carbons (Fsp3) is 0. The summed E-state index contributed by atoms with van der Waals surface area (Å²) < 4.78 is 31.1. The zero-order valence-corrected chi connectivity index (χ0v) is 11.4. The summed E-state index contributed by atoms with van der Waals surface area (Å²) in [4.78, 5) is 21.5. The van der Waals surface area contributed by atoms with Crippen LogP contribution in [0.1, 0.15) is 0 Å². The average molecular weight is 329 g/mol. The van der Waals surface area contributed by atoms with Crippen molar-refractivity contribution in [3.8, 4) is 5.75 Å². The molecule has 2 rings (SSSR count). The van der Waals surface area contributed by atoms with Crippen LogP contribution in [0.2, 0.25) is 5.02 Å². The lowest BCUT2D eigenvalue weighted by Crippen LogP contribution is -2.18. The number of carbonyl (C=O) groups is 1. The maximum Gasteiger partial charge on any atom is 0.417 e. The van der Waals surface area contributed by atoms with Crippen LogP contribution < -0.4 is 10.1 Å². The molecule has 0 saturated heterocycles. The second-order valence-corrected chi connectivity index (χ2v) is 4.42. The number of rotatable bonds is 3. The number of anilines is 1. The molecule has 0 fully saturated rings.